The Bertz CT molecular complexity index is 1280. The van der Waals surface area contributed by atoms with Crippen molar-refractivity contribution in [3.05, 3.63) is 108 Å². The van der Waals surface area contributed by atoms with Crippen LogP contribution in [0.2, 0.25) is 0 Å². The molecule has 2 N–H and O–H groups in total. The van der Waals surface area contributed by atoms with Crippen LogP contribution >= 0.6 is 0 Å². The molecule has 0 atom stereocenters. The van der Waals surface area contributed by atoms with Crippen molar-refractivity contribution in [2.45, 2.75) is 0 Å². The zero-order valence-electron chi connectivity index (χ0n) is 16.8. The minimum absolute atomic E-state index is 0.0938. The van der Waals surface area contributed by atoms with Crippen molar-refractivity contribution in [3.63, 3.8) is 0 Å². The molecule has 0 heterocycles. The zero-order valence-corrected chi connectivity index (χ0v) is 16.8. The molecule has 0 aromatic heterocycles. The summed E-state index contributed by atoms with van der Waals surface area (Å²) in [5.41, 5.74) is 1.80. The van der Waals surface area contributed by atoms with Gasteiger partial charge in [0.25, 0.3) is 0 Å². The van der Waals surface area contributed by atoms with Gasteiger partial charge in [-0.15, -0.1) is 0 Å². The molecule has 4 aromatic carbocycles. The molecule has 0 amide bonds. The van der Waals surface area contributed by atoms with E-state index in [2.05, 4.69) is 0 Å². The number of benzene rings is 4. The number of hydrogen-bond acceptors (Lipinski definition) is 4. The Morgan fingerprint density at radius 2 is 1.16 bits per heavy atom. The van der Waals surface area contributed by atoms with Crippen LogP contribution in [-0.4, -0.2) is 22.2 Å². The lowest BCUT2D eigenvalue weighted by Crippen LogP contribution is -1.98. The van der Waals surface area contributed by atoms with E-state index in [4.69, 9.17) is 9.47 Å². The van der Waals surface area contributed by atoms with Gasteiger partial charge in [0.1, 0.15) is 11.5 Å². The average molecular weight is 426 g/mol. The lowest BCUT2D eigenvalue weighted by atomic mass is 10.0. The Morgan fingerprint density at radius 3 is 1.75 bits per heavy atom. The first kappa shape index (κ1) is 20.7. The Kier molecular flexibility index (Phi) is 5.85. The molecule has 0 saturated heterocycles. The minimum Gasteiger partial charge on any atom is -0.478 e. The highest BCUT2D eigenvalue weighted by atomic mass is 16.5. The fraction of sp³-hybridized carbons (Fsp3) is 0. The van der Waals surface area contributed by atoms with E-state index in [1.165, 1.54) is 24.3 Å². The van der Waals surface area contributed by atoms with E-state index in [-0.39, 0.29) is 11.1 Å². The first-order valence-electron chi connectivity index (χ1n) is 9.72. The Hall–Kier alpha value is -4.58. The quantitative estimate of drug-likeness (QED) is 0.358. The standard InChI is InChI=1S/C26H18O6/c27-25(28)18-9-4-11-20(15-18)31-23-14-6-13-22(17-7-2-1-3-8-17)24(23)32-21-12-5-10-19(16-21)26(29)30/h1-16H,(H,27,28)(H,29,30). The van der Waals surface area contributed by atoms with Gasteiger partial charge in [0.15, 0.2) is 11.5 Å². The largest absolute Gasteiger partial charge is 0.478 e. The molecule has 0 aliphatic rings. The topological polar surface area (TPSA) is 93.1 Å². The van der Waals surface area contributed by atoms with Crippen molar-refractivity contribution in [1.82, 2.24) is 0 Å². The van der Waals surface area contributed by atoms with Gasteiger partial charge >= 0.3 is 11.9 Å². The van der Waals surface area contributed by atoms with E-state index < -0.39 is 11.9 Å². The number of hydrogen-bond donors (Lipinski definition) is 2. The highest BCUT2D eigenvalue weighted by molar-refractivity contribution is 5.88. The number of carboxylic acids is 2. The molecule has 158 valence electrons. The number of ether oxygens (including phenoxy) is 2. The lowest BCUT2D eigenvalue weighted by Gasteiger charge is -2.17. The van der Waals surface area contributed by atoms with E-state index in [9.17, 15) is 19.8 Å². The first-order valence-corrected chi connectivity index (χ1v) is 9.72. The highest BCUT2D eigenvalue weighted by Gasteiger charge is 2.16. The maximum atomic E-state index is 11.4. The molecule has 0 radical (unpaired) electrons. The van der Waals surface area contributed by atoms with E-state index in [0.717, 1.165) is 11.1 Å². The van der Waals surface area contributed by atoms with Crippen LogP contribution in [0.15, 0.2) is 97.1 Å². The van der Waals surface area contributed by atoms with Gasteiger partial charge in [0.2, 0.25) is 0 Å². The van der Waals surface area contributed by atoms with E-state index >= 15 is 0 Å². The minimum atomic E-state index is -1.06. The molecule has 0 bridgehead atoms. The Morgan fingerprint density at radius 1 is 0.594 bits per heavy atom. The van der Waals surface area contributed by atoms with Gasteiger partial charge in [-0.2, -0.15) is 0 Å². The van der Waals surface area contributed by atoms with Crippen LogP contribution in [0.1, 0.15) is 20.7 Å². The van der Waals surface area contributed by atoms with Gasteiger partial charge in [0, 0.05) is 5.56 Å². The van der Waals surface area contributed by atoms with Gasteiger partial charge in [-0.05, 0) is 48.0 Å². The lowest BCUT2D eigenvalue weighted by molar-refractivity contribution is 0.0685. The van der Waals surface area contributed by atoms with Crippen LogP contribution in [0, 0.1) is 0 Å². The first-order chi connectivity index (χ1) is 15.5. The molecule has 0 spiro atoms. The normalized spacial score (nSPS) is 10.4. The maximum absolute atomic E-state index is 11.4. The molecule has 6 heteroatoms. The van der Waals surface area contributed by atoms with Crippen LogP contribution in [0.5, 0.6) is 23.0 Å². The molecule has 4 rings (SSSR count). The molecule has 0 unspecified atom stereocenters. The molecule has 4 aromatic rings. The van der Waals surface area contributed by atoms with Gasteiger partial charge in [-0.3, -0.25) is 0 Å². The third-order valence-corrected chi connectivity index (χ3v) is 4.67. The van der Waals surface area contributed by atoms with Gasteiger partial charge in [-0.25, -0.2) is 9.59 Å². The fourth-order valence-corrected chi connectivity index (χ4v) is 3.18. The third-order valence-electron chi connectivity index (χ3n) is 4.67. The predicted molar refractivity (Wildman–Crippen MR) is 119 cm³/mol. The van der Waals surface area contributed by atoms with Gasteiger partial charge < -0.3 is 19.7 Å². The molecular weight excluding hydrogens is 408 g/mol. The summed E-state index contributed by atoms with van der Waals surface area (Å²) in [6, 6.07) is 27.2. The highest BCUT2D eigenvalue weighted by Crippen LogP contribution is 2.42. The van der Waals surface area contributed by atoms with Crippen molar-refractivity contribution >= 4 is 11.9 Å². The summed E-state index contributed by atoms with van der Waals surface area (Å²) in [4.78, 5) is 22.7. The average Bonchev–Trinajstić information content (AvgIpc) is 2.81. The van der Waals surface area contributed by atoms with Crippen LogP contribution in [0.4, 0.5) is 0 Å². The van der Waals surface area contributed by atoms with Crippen molar-refractivity contribution < 1.29 is 29.3 Å². The number of carbonyl (C=O) groups is 2. The number of para-hydroxylation sites is 1. The van der Waals surface area contributed by atoms with E-state index in [1.807, 2.05) is 36.4 Å². The van der Waals surface area contributed by atoms with Gasteiger partial charge in [0.05, 0.1) is 11.1 Å². The summed E-state index contributed by atoms with van der Waals surface area (Å²) >= 11 is 0. The molecule has 32 heavy (non-hydrogen) atoms. The number of aromatic carboxylic acids is 2. The predicted octanol–water partition coefficient (Wildman–Crippen LogP) is 6.33. The number of rotatable bonds is 7. The zero-order chi connectivity index (χ0) is 22.5. The van der Waals surface area contributed by atoms with E-state index in [1.54, 1.807) is 36.4 Å². The fourth-order valence-electron chi connectivity index (χ4n) is 3.18. The Balaban J connectivity index is 1.80. The molecule has 6 nitrogen and oxygen atoms in total. The molecule has 0 aliphatic heterocycles. The molecule has 0 fully saturated rings. The number of carboxylic acid groups (broad SMARTS) is 2. The molecular formula is C26H18O6. The summed E-state index contributed by atoms with van der Waals surface area (Å²) < 4.78 is 12.1. The summed E-state index contributed by atoms with van der Waals surface area (Å²) in [6.07, 6.45) is 0. The van der Waals surface area contributed by atoms with Crippen LogP contribution < -0.4 is 9.47 Å². The van der Waals surface area contributed by atoms with Crippen LogP contribution in [-0.2, 0) is 0 Å². The van der Waals surface area contributed by atoms with Crippen LogP contribution in [0.3, 0.4) is 0 Å². The SMILES string of the molecule is O=C(O)c1cccc(Oc2cccc(-c3ccccc3)c2Oc2cccc(C(=O)O)c2)c1. The second kappa shape index (κ2) is 9.06. The van der Waals surface area contributed by atoms with Crippen molar-refractivity contribution in [3.8, 4) is 34.1 Å². The van der Waals surface area contributed by atoms with E-state index in [0.29, 0.717) is 23.0 Å². The molecule has 0 aliphatic carbocycles. The van der Waals surface area contributed by atoms with Crippen molar-refractivity contribution in [2.75, 3.05) is 0 Å². The van der Waals surface area contributed by atoms with Gasteiger partial charge in [-0.1, -0.05) is 54.6 Å². The maximum Gasteiger partial charge on any atom is 0.335 e. The van der Waals surface area contributed by atoms with Crippen molar-refractivity contribution in [2.24, 2.45) is 0 Å². The summed E-state index contributed by atoms with van der Waals surface area (Å²) in [7, 11) is 0. The third kappa shape index (κ3) is 4.60. The Labute approximate surface area is 183 Å². The summed E-state index contributed by atoms with van der Waals surface area (Å²) in [6.45, 7) is 0. The van der Waals surface area contributed by atoms with Crippen LogP contribution in [0.25, 0.3) is 11.1 Å². The smallest absolute Gasteiger partial charge is 0.335 e. The monoisotopic (exact) mass is 426 g/mol. The summed E-state index contributed by atoms with van der Waals surface area (Å²) in [5.74, 6) is -0.725. The second-order valence-corrected chi connectivity index (χ2v) is 6.87. The molecule has 0 saturated carbocycles. The summed E-state index contributed by atoms with van der Waals surface area (Å²) in [5, 5.41) is 18.6. The van der Waals surface area contributed by atoms with Crippen molar-refractivity contribution in [1.29, 1.82) is 0 Å². The second-order valence-electron chi connectivity index (χ2n) is 6.87.